The first kappa shape index (κ1) is 13.8. The highest BCUT2D eigenvalue weighted by Gasteiger charge is 2.31. The molecule has 1 unspecified atom stereocenters. The summed E-state index contributed by atoms with van der Waals surface area (Å²) in [6.07, 6.45) is 1.68. The third-order valence-corrected chi connectivity index (χ3v) is 3.91. The Hall–Kier alpha value is -1.60. The van der Waals surface area contributed by atoms with Crippen molar-refractivity contribution in [3.63, 3.8) is 0 Å². The van der Waals surface area contributed by atoms with Crippen LogP contribution in [-0.2, 0) is 5.60 Å². The molecule has 1 heteroatoms. The monoisotopic (exact) mass is 254 g/mol. The minimum Gasteiger partial charge on any atom is -0.380 e. The van der Waals surface area contributed by atoms with Crippen molar-refractivity contribution in [1.82, 2.24) is 0 Å². The van der Waals surface area contributed by atoms with Gasteiger partial charge in [0, 0.05) is 0 Å². The van der Waals surface area contributed by atoms with Crippen LogP contribution in [0.3, 0.4) is 0 Å². The zero-order chi connectivity index (χ0) is 13.9. The summed E-state index contributed by atoms with van der Waals surface area (Å²) in [5, 5.41) is 11.3. The van der Waals surface area contributed by atoms with Crippen molar-refractivity contribution >= 4 is 0 Å². The molecule has 100 valence electrons. The van der Waals surface area contributed by atoms with Crippen LogP contribution >= 0.6 is 0 Å². The topological polar surface area (TPSA) is 20.2 Å². The van der Waals surface area contributed by atoms with Gasteiger partial charge >= 0.3 is 0 Å². The molecular weight excluding hydrogens is 232 g/mol. The molecule has 0 aromatic heterocycles. The predicted molar refractivity (Wildman–Crippen MR) is 80.3 cm³/mol. The summed E-state index contributed by atoms with van der Waals surface area (Å²) in [7, 11) is 0. The SMILES string of the molecule is CCCC(O)(c1ccccc1)c1cccc(C)c1C. The normalized spacial score (nSPS) is 14.1. The standard InChI is InChI=1S/C18H22O/c1-4-13-18(19,16-10-6-5-7-11-16)17-12-8-9-14(2)15(17)3/h5-12,19H,4,13H2,1-3H3. The molecule has 0 bridgehead atoms. The van der Waals surface area contributed by atoms with Gasteiger partial charge in [-0.05, 0) is 42.5 Å². The fourth-order valence-corrected chi connectivity index (χ4v) is 2.71. The first-order valence-electron chi connectivity index (χ1n) is 6.94. The highest BCUT2D eigenvalue weighted by atomic mass is 16.3. The van der Waals surface area contributed by atoms with Gasteiger partial charge in [0.05, 0.1) is 0 Å². The van der Waals surface area contributed by atoms with Gasteiger partial charge in [0.25, 0.3) is 0 Å². The van der Waals surface area contributed by atoms with E-state index in [1.165, 1.54) is 11.1 Å². The van der Waals surface area contributed by atoms with Gasteiger partial charge in [0.1, 0.15) is 5.60 Å². The lowest BCUT2D eigenvalue weighted by Gasteiger charge is -2.31. The van der Waals surface area contributed by atoms with Gasteiger partial charge < -0.3 is 5.11 Å². The van der Waals surface area contributed by atoms with E-state index in [0.717, 1.165) is 24.0 Å². The molecule has 1 nitrogen and oxygen atoms in total. The van der Waals surface area contributed by atoms with Crippen LogP contribution in [0.25, 0.3) is 0 Å². The van der Waals surface area contributed by atoms with Crippen molar-refractivity contribution in [3.8, 4) is 0 Å². The number of aliphatic hydroxyl groups is 1. The van der Waals surface area contributed by atoms with E-state index in [9.17, 15) is 5.11 Å². The van der Waals surface area contributed by atoms with Gasteiger partial charge in [-0.3, -0.25) is 0 Å². The number of hydrogen-bond donors (Lipinski definition) is 1. The molecule has 2 aromatic rings. The maximum Gasteiger partial charge on any atom is 0.115 e. The van der Waals surface area contributed by atoms with Crippen LogP contribution in [0.2, 0.25) is 0 Å². The largest absolute Gasteiger partial charge is 0.380 e. The van der Waals surface area contributed by atoms with Crippen LogP contribution in [0, 0.1) is 13.8 Å². The maximum atomic E-state index is 11.3. The number of hydrogen-bond acceptors (Lipinski definition) is 1. The van der Waals surface area contributed by atoms with Crippen molar-refractivity contribution in [3.05, 3.63) is 70.8 Å². The molecule has 0 spiro atoms. The van der Waals surface area contributed by atoms with Crippen LogP contribution in [0.4, 0.5) is 0 Å². The Kier molecular flexibility index (Phi) is 4.06. The quantitative estimate of drug-likeness (QED) is 0.860. The summed E-state index contributed by atoms with van der Waals surface area (Å²) in [6, 6.07) is 16.2. The Morgan fingerprint density at radius 2 is 1.63 bits per heavy atom. The van der Waals surface area contributed by atoms with E-state index in [2.05, 4.69) is 26.8 Å². The Morgan fingerprint density at radius 1 is 0.947 bits per heavy atom. The molecule has 19 heavy (non-hydrogen) atoms. The average molecular weight is 254 g/mol. The smallest absolute Gasteiger partial charge is 0.115 e. The number of benzene rings is 2. The second kappa shape index (κ2) is 5.58. The first-order chi connectivity index (χ1) is 9.09. The van der Waals surface area contributed by atoms with Crippen molar-refractivity contribution < 1.29 is 5.11 Å². The Labute approximate surface area is 115 Å². The summed E-state index contributed by atoms with van der Waals surface area (Å²) in [5.41, 5.74) is 3.53. The molecular formula is C18H22O. The lowest BCUT2D eigenvalue weighted by Crippen LogP contribution is -2.28. The second-order valence-electron chi connectivity index (χ2n) is 5.22. The molecule has 1 N–H and O–H groups in total. The van der Waals surface area contributed by atoms with E-state index in [4.69, 9.17) is 0 Å². The van der Waals surface area contributed by atoms with Gasteiger partial charge in [0.15, 0.2) is 0 Å². The molecule has 2 aromatic carbocycles. The van der Waals surface area contributed by atoms with Gasteiger partial charge in [-0.2, -0.15) is 0 Å². The van der Waals surface area contributed by atoms with Crippen LogP contribution in [-0.4, -0.2) is 5.11 Å². The molecule has 1 atom stereocenters. The van der Waals surface area contributed by atoms with Crippen LogP contribution in [0.15, 0.2) is 48.5 Å². The van der Waals surface area contributed by atoms with Crippen molar-refractivity contribution in [2.24, 2.45) is 0 Å². The summed E-state index contributed by atoms with van der Waals surface area (Å²) in [6.45, 7) is 6.30. The highest BCUT2D eigenvalue weighted by molar-refractivity contribution is 5.43. The minimum atomic E-state index is -0.883. The van der Waals surface area contributed by atoms with E-state index >= 15 is 0 Å². The van der Waals surface area contributed by atoms with Crippen LogP contribution in [0.1, 0.15) is 42.0 Å². The Balaban J connectivity index is 2.60. The van der Waals surface area contributed by atoms with Crippen molar-refractivity contribution in [2.45, 2.75) is 39.2 Å². The van der Waals surface area contributed by atoms with E-state index in [-0.39, 0.29) is 0 Å². The third-order valence-electron chi connectivity index (χ3n) is 3.91. The van der Waals surface area contributed by atoms with Crippen LogP contribution in [0.5, 0.6) is 0 Å². The molecule has 0 radical (unpaired) electrons. The summed E-state index contributed by atoms with van der Waals surface area (Å²) in [4.78, 5) is 0. The highest BCUT2D eigenvalue weighted by Crippen LogP contribution is 2.36. The predicted octanol–water partition coefficient (Wildman–Crippen LogP) is 4.34. The van der Waals surface area contributed by atoms with Gasteiger partial charge in [0.2, 0.25) is 0 Å². The third kappa shape index (κ3) is 2.57. The van der Waals surface area contributed by atoms with E-state index in [1.54, 1.807) is 0 Å². The summed E-state index contributed by atoms with van der Waals surface area (Å²) >= 11 is 0. The van der Waals surface area contributed by atoms with Gasteiger partial charge in [-0.15, -0.1) is 0 Å². The zero-order valence-electron chi connectivity index (χ0n) is 12.0. The fourth-order valence-electron chi connectivity index (χ4n) is 2.71. The van der Waals surface area contributed by atoms with E-state index in [0.29, 0.717) is 0 Å². The zero-order valence-corrected chi connectivity index (χ0v) is 12.0. The van der Waals surface area contributed by atoms with Crippen LogP contribution < -0.4 is 0 Å². The van der Waals surface area contributed by atoms with Crippen molar-refractivity contribution in [1.29, 1.82) is 0 Å². The Morgan fingerprint density at radius 3 is 2.26 bits per heavy atom. The molecule has 0 aliphatic rings. The lowest BCUT2D eigenvalue weighted by atomic mass is 9.80. The second-order valence-corrected chi connectivity index (χ2v) is 5.22. The molecule has 0 aliphatic heterocycles. The molecule has 0 aliphatic carbocycles. The van der Waals surface area contributed by atoms with Crippen molar-refractivity contribution in [2.75, 3.05) is 0 Å². The minimum absolute atomic E-state index is 0.737. The maximum absolute atomic E-state index is 11.3. The average Bonchev–Trinajstić information content (AvgIpc) is 2.43. The molecule has 2 rings (SSSR count). The summed E-state index contributed by atoms with van der Waals surface area (Å²) < 4.78 is 0. The fraction of sp³-hybridized carbons (Fsp3) is 0.333. The molecule has 0 saturated carbocycles. The Bertz CT molecular complexity index is 545. The van der Waals surface area contributed by atoms with E-state index in [1.807, 2.05) is 42.5 Å². The summed E-state index contributed by atoms with van der Waals surface area (Å²) in [5.74, 6) is 0. The molecule has 0 heterocycles. The first-order valence-corrected chi connectivity index (χ1v) is 6.94. The van der Waals surface area contributed by atoms with E-state index < -0.39 is 5.60 Å². The molecule has 0 amide bonds. The van der Waals surface area contributed by atoms with Gasteiger partial charge in [-0.1, -0.05) is 61.9 Å². The number of rotatable bonds is 4. The molecule has 0 fully saturated rings. The number of aryl methyl sites for hydroxylation is 1. The van der Waals surface area contributed by atoms with Gasteiger partial charge in [-0.25, -0.2) is 0 Å². The molecule has 0 saturated heterocycles. The lowest BCUT2D eigenvalue weighted by molar-refractivity contribution is 0.0695.